The Morgan fingerprint density at radius 3 is 2.26 bits per heavy atom. The third kappa shape index (κ3) is 7.92. The van der Waals surface area contributed by atoms with Gasteiger partial charge in [-0.15, -0.1) is 0 Å². The van der Waals surface area contributed by atoms with E-state index in [4.69, 9.17) is 0 Å². The summed E-state index contributed by atoms with van der Waals surface area (Å²) in [5.74, 6) is 0.186. The largest absolute Gasteiger partial charge is 0.294 e. The number of allylic oxidation sites excluding steroid dienone is 2. The molecule has 0 N–H and O–H groups in total. The van der Waals surface area contributed by atoms with Gasteiger partial charge in [0, 0.05) is 23.4 Å². The SMILES string of the molecule is CC.CC.C\C=C/C=c1/c(C)c(C(=O)CCC)cn/c1=C/CC. The van der Waals surface area contributed by atoms with Crippen molar-refractivity contribution in [3.63, 3.8) is 0 Å². The van der Waals surface area contributed by atoms with E-state index in [2.05, 4.69) is 18.0 Å². The van der Waals surface area contributed by atoms with Gasteiger partial charge < -0.3 is 0 Å². The van der Waals surface area contributed by atoms with Crippen molar-refractivity contribution in [2.24, 2.45) is 0 Å². The molecule has 0 bridgehead atoms. The number of pyridine rings is 1. The van der Waals surface area contributed by atoms with Crippen molar-refractivity contribution in [2.45, 2.75) is 74.7 Å². The molecule has 1 aromatic heterocycles. The molecule has 0 amide bonds. The molecule has 0 aliphatic carbocycles. The summed E-state index contributed by atoms with van der Waals surface area (Å²) < 4.78 is 0. The third-order valence-electron chi connectivity index (χ3n) is 3.05. The van der Waals surface area contributed by atoms with Gasteiger partial charge in [0.05, 0.1) is 5.35 Å². The fourth-order valence-corrected chi connectivity index (χ4v) is 2.04. The molecule has 0 spiro atoms. The van der Waals surface area contributed by atoms with E-state index in [0.717, 1.165) is 34.5 Å². The maximum Gasteiger partial charge on any atom is 0.164 e. The molecule has 2 heteroatoms. The van der Waals surface area contributed by atoms with Crippen LogP contribution in [0.1, 0.15) is 83.7 Å². The molecule has 0 aromatic carbocycles. The van der Waals surface area contributed by atoms with Crippen LogP contribution in [0.3, 0.4) is 0 Å². The number of carbonyl (C=O) groups is 1. The Hall–Kier alpha value is -1.70. The van der Waals surface area contributed by atoms with Gasteiger partial charge >= 0.3 is 0 Å². The van der Waals surface area contributed by atoms with E-state index in [9.17, 15) is 4.79 Å². The first-order valence-electron chi connectivity index (χ1n) is 8.97. The van der Waals surface area contributed by atoms with Crippen LogP contribution in [0, 0.1) is 6.92 Å². The normalized spacial score (nSPS) is 11.7. The molecule has 1 heterocycles. The van der Waals surface area contributed by atoms with Gasteiger partial charge in [-0.2, -0.15) is 0 Å². The highest BCUT2D eigenvalue weighted by molar-refractivity contribution is 5.97. The molecule has 2 nitrogen and oxygen atoms in total. The molecule has 0 unspecified atom stereocenters. The predicted octanol–water partition coefficient (Wildman–Crippen LogP) is 4.97. The Morgan fingerprint density at radius 2 is 1.78 bits per heavy atom. The van der Waals surface area contributed by atoms with Crippen LogP contribution < -0.4 is 10.6 Å². The molecule has 0 aliphatic rings. The quantitative estimate of drug-likeness (QED) is 0.717. The molecular formula is C21H35NO. The van der Waals surface area contributed by atoms with Crippen LogP contribution in [0.2, 0.25) is 0 Å². The monoisotopic (exact) mass is 317 g/mol. The molecule has 0 atom stereocenters. The van der Waals surface area contributed by atoms with Crippen molar-refractivity contribution in [1.82, 2.24) is 4.98 Å². The fraction of sp³-hybridized carbons (Fsp3) is 0.524. The van der Waals surface area contributed by atoms with Crippen LogP contribution in [0.4, 0.5) is 0 Å². The molecule has 1 aromatic rings. The second-order valence-corrected chi connectivity index (χ2v) is 4.57. The minimum atomic E-state index is 0.186. The number of ketones is 1. The van der Waals surface area contributed by atoms with E-state index in [-0.39, 0.29) is 5.78 Å². The summed E-state index contributed by atoms with van der Waals surface area (Å²) in [6, 6.07) is 0. The van der Waals surface area contributed by atoms with E-state index in [1.165, 1.54) is 0 Å². The number of rotatable bonds is 5. The van der Waals surface area contributed by atoms with E-state index < -0.39 is 0 Å². The standard InChI is InChI=1S/C17H23NO.2C2H6/c1-5-8-11-14-13(4)15(17(19)10-7-3)12-18-16(14)9-6-2;2*1-2/h5,8-9,11-12H,6-7,10H2,1-4H3;2*1-2H3/b8-5-,14-11-,16-9+;;. The van der Waals surface area contributed by atoms with Gasteiger partial charge in [0.2, 0.25) is 0 Å². The molecule has 0 saturated heterocycles. The van der Waals surface area contributed by atoms with Crippen molar-refractivity contribution in [1.29, 1.82) is 0 Å². The first-order chi connectivity index (χ1) is 11.2. The zero-order chi connectivity index (χ0) is 18.3. The molecule has 0 saturated carbocycles. The zero-order valence-electron chi connectivity index (χ0n) is 16.4. The molecule has 0 radical (unpaired) electrons. The summed E-state index contributed by atoms with van der Waals surface area (Å²) in [7, 11) is 0. The number of hydrogen-bond donors (Lipinski definition) is 0. The summed E-state index contributed by atoms with van der Waals surface area (Å²) >= 11 is 0. The van der Waals surface area contributed by atoms with Crippen molar-refractivity contribution in [2.75, 3.05) is 0 Å². The highest BCUT2D eigenvalue weighted by atomic mass is 16.1. The van der Waals surface area contributed by atoms with E-state index in [0.29, 0.717) is 6.42 Å². The second-order valence-electron chi connectivity index (χ2n) is 4.57. The van der Waals surface area contributed by atoms with Crippen LogP contribution in [0.15, 0.2) is 18.3 Å². The highest BCUT2D eigenvalue weighted by Crippen LogP contribution is 2.05. The first kappa shape index (κ1) is 23.6. The van der Waals surface area contributed by atoms with Gasteiger partial charge in [0.1, 0.15) is 0 Å². The summed E-state index contributed by atoms with van der Waals surface area (Å²) in [5, 5.41) is 2.02. The lowest BCUT2D eigenvalue weighted by molar-refractivity contribution is 0.0980. The lowest BCUT2D eigenvalue weighted by Crippen LogP contribution is -2.32. The second kappa shape index (κ2) is 15.2. The van der Waals surface area contributed by atoms with Crippen LogP contribution in [0.5, 0.6) is 0 Å². The molecule has 130 valence electrons. The zero-order valence-corrected chi connectivity index (χ0v) is 16.4. The van der Waals surface area contributed by atoms with Crippen LogP contribution in [-0.2, 0) is 0 Å². The van der Waals surface area contributed by atoms with Crippen LogP contribution >= 0.6 is 0 Å². The topological polar surface area (TPSA) is 30.0 Å². The van der Waals surface area contributed by atoms with Crippen molar-refractivity contribution >= 4 is 17.9 Å². The number of Topliss-reactive ketones (excluding diaryl/α,β-unsaturated/α-hetero) is 1. The Labute approximate surface area is 143 Å². The molecule has 1 rings (SSSR count). The summed E-state index contributed by atoms with van der Waals surface area (Å²) in [6.07, 6.45) is 12.2. The maximum absolute atomic E-state index is 12.1. The predicted molar refractivity (Wildman–Crippen MR) is 104 cm³/mol. The van der Waals surface area contributed by atoms with Crippen molar-refractivity contribution in [3.8, 4) is 0 Å². The lowest BCUT2D eigenvalue weighted by atomic mass is 10.0. The minimum Gasteiger partial charge on any atom is -0.294 e. The Kier molecular flexibility index (Phi) is 15.6. The van der Waals surface area contributed by atoms with Gasteiger partial charge in [-0.25, -0.2) is 0 Å². The van der Waals surface area contributed by atoms with Crippen LogP contribution in [-0.4, -0.2) is 10.8 Å². The molecule has 0 fully saturated rings. The molecular weight excluding hydrogens is 282 g/mol. The smallest absolute Gasteiger partial charge is 0.164 e. The maximum atomic E-state index is 12.1. The van der Waals surface area contributed by atoms with Gasteiger partial charge in [-0.05, 0) is 32.3 Å². The van der Waals surface area contributed by atoms with E-state index in [1.54, 1.807) is 6.20 Å². The number of aromatic nitrogens is 1. The third-order valence-corrected chi connectivity index (χ3v) is 3.05. The van der Waals surface area contributed by atoms with E-state index in [1.807, 2.05) is 66.7 Å². The average Bonchev–Trinajstić information content (AvgIpc) is 2.58. The molecule has 0 aliphatic heterocycles. The first-order valence-corrected chi connectivity index (χ1v) is 8.97. The number of nitrogens with zero attached hydrogens (tertiary/aromatic N) is 1. The van der Waals surface area contributed by atoms with Gasteiger partial charge in [-0.1, -0.05) is 65.8 Å². The highest BCUT2D eigenvalue weighted by Gasteiger charge is 2.09. The summed E-state index contributed by atoms with van der Waals surface area (Å²) in [4.78, 5) is 16.5. The van der Waals surface area contributed by atoms with Crippen molar-refractivity contribution in [3.05, 3.63) is 40.0 Å². The van der Waals surface area contributed by atoms with Gasteiger partial charge in [-0.3, -0.25) is 9.78 Å². The van der Waals surface area contributed by atoms with Gasteiger partial charge in [0.25, 0.3) is 0 Å². The summed E-state index contributed by atoms with van der Waals surface area (Å²) in [5.41, 5.74) is 1.79. The number of carbonyl (C=O) groups excluding carboxylic acids is 1. The fourth-order valence-electron chi connectivity index (χ4n) is 2.04. The van der Waals surface area contributed by atoms with Crippen LogP contribution in [0.25, 0.3) is 12.2 Å². The lowest BCUT2D eigenvalue weighted by Gasteiger charge is -2.05. The Bertz CT molecular complexity index is 583. The Morgan fingerprint density at radius 1 is 1.17 bits per heavy atom. The van der Waals surface area contributed by atoms with E-state index >= 15 is 0 Å². The summed E-state index contributed by atoms with van der Waals surface area (Å²) in [6.45, 7) is 16.1. The molecule has 23 heavy (non-hydrogen) atoms. The minimum absolute atomic E-state index is 0.186. The Balaban J connectivity index is 0. The average molecular weight is 318 g/mol. The number of hydrogen-bond acceptors (Lipinski definition) is 2. The van der Waals surface area contributed by atoms with Crippen molar-refractivity contribution < 1.29 is 4.79 Å². The van der Waals surface area contributed by atoms with Gasteiger partial charge in [0.15, 0.2) is 5.78 Å².